The minimum absolute atomic E-state index is 0. The fourth-order valence-electron chi connectivity index (χ4n) is 7.83. The Morgan fingerprint density at radius 1 is 0.836 bits per heavy atom. The van der Waals surface area contributed by atoms with Gasteiger partial charge in [0.15, 0.2) is 0 Å². The molecular weight excluding hydrogens is 927 g/mol. The summed E-state index contributed by atoms with van der Waals surface area (Å²) in [7, 11) is -6.99. The summed E-state index contributed by atoms with van der Waals surface area (Å²) in [6.45, 7) is 15.7. The van der Waals surface area contributed by atoms with Crippen molar-refractivity contribution >= 4 is 38.0 Å². The van der Waals surface area contributed by atoms with E-state index >= 15 is 0 Å². The fraction of sp³-hybridized carbons (Fsp3) is 0.574. The van der Waals surface area contributed by atoms with E-state index < -0.39 is 31.6 Å². The molecule has 0 saturated heterocycles. The Kier molecular flexibility index (Phi) is 26.8. The summed E-state index contributed by atoms with van der Waals surface area (Å²) in [4.78, 5) is 13.2. The Bertz CT molecular complexity index is 2350. The Labute approximate surface area is 441 Å². The van der Waals surface area contributed by atoms with Crippen LogP contribution in [0.25, 0.3) is 17.4 Å². The standard InChI is InChI=1S/C47H68N2O14S2.2Na/c1-7-48(21-12-32-64(52,53)54)36-16-18-39-40(46(2,3)4)34-37(63-43(39)33-36)13-11-14-44-47(5,20-23-59-26-27-61-30-31-62-29-28-60-25-24-58-6)41-35-38(65(55,56)57)17-19-42(41)49(44)22-10-8-9-15-45(50)51;;/h11,13-14,16-19,33-35H,7-10,12,15,20-32H2,1-6H3,(H2-,50,51,52,53,54,55,56,57);;/q;2*+1/p+1. The van der Waals surface area contributed by atoms with Crippen LogP contribution < -0.4 is 73.9 Å². The van der Waals surface area contributed by atoms with Crippen molar-refractivity contribution in [3.8, 4) is 11.3 Å². The maximum atomic E-state index is 12.4. The van der Waals surface area contributed by atoms with Gasteiger partial charge in [-0.15, -0.1) is 0 Å². The molecule has 1 atom stereocenters. The van der Waals surface area contributed by atoms with Crippen LogP contribution in [0.4, 0.5) is 5.69 Å². The molecule has 4 rings (SSSR count). The summed E-state index contributed by atoms with van der Waals surface area (Å²) in [5, 5.41) is 10.1. The van der Waals surface area contributed by atoms with Gasteiger partial charge in [-0.05, 0) is 92.1 Å². The third-order valence-electron chi connectivity index (χ3n) is 11.2. The molecule has 16 nitrogen and oxygen atoms in total. The van der Waals surface area contributed by atoms with Crippen molar-refractivity contribution in [2.24, 2.45) is 0 Å². The SMILES string of the molecule is CC[N+](CCCS(=O)(=O)O)=c1ccc2c(C(C)(C)C)cc(/C=C/C=C3/N(CCCCCC(=O)O)c4ccc(S(=O)(=O)O)cc4C3(C)CCOCCOCCOCCOCCOC)oc-2c1.[Na+].[Na+]. The molecule has 0 saturated carbocycles. The fourth-order valence-corrected chi connectivity index (χ4v) is 8.84. The van der Waals surface area contributed by atoms with Crippen LogP contribution in [-0.2, 0) is 59.5 Å². The molecule has 1 aromatic rings. The van der Waals surface area contributed by atoms with Crippen LogP contribution in [0.3, 0.4) is 0 Å². The first-order valence-corrected chi connectivity index (χ1v) is 25.2. The van der Waals surface area contributed by atoms with Crippen molar-refractivity contribution < 1.29 is 123 Å². The second kappa shape index (κ2) is 29.4. The number of carboxylic acid groups (broad SMARTS) is 1. The first-order chi connectivity index (χ1) is 30.8. The molecule has 0 radical (unpaired) electrons. The van der Waals surface area contributed by atoms with E-state index in [0.29, 0.717) is 122 Å². The molecule has 1 aliphatic carbocycles. The number of allylic oxidation sites excluding steroid dienone is 3. The molecule has 1 aromatic carbocycles. The van der Waals surface area contributed by atoms with Crippen molar-refractivity contribution in [1.82, 2.24) is 4.58 Å². The molecule has 2 aliphatic heterocycles. The monoisotopic (exact) mass is 995 g/mol. The zero-order chi connectivity index (χ0) is 47.7. The molecule has 0 bridgehead atoms. The molecule has 0 aromatic heterocycles. The molecule has 67 heavy (non-hydrogen) atoms. The molecule has 20 heteroatoms. The van der Waals surface area contributed by atoms with Crippen LogP contribution in [-0.4, -0.2) is 129 Å². The number of fused-ring (bicyclic) bond motifs is 2. The molecular formula is C47H69N2Na2O14S2+3. The van der Waals surface area contributed by atoms with E-state index in [0.717, 1.165) is 27.9 Å². The van der Waals surface area contributed by atoms with Gasteiger partial charge < -0.3 is 38.1 Å². The van der Waals surface area contributed by atoms with Crippen molar-refractivity contribution in [2.75, 3.05) is 96.9 Å². The predicted octanol–water partition coefficient (Wildman–Crippen LogP) is 0.430. The van der Waals surface area contributed by atoms with Gasteiger partial charge in [0.2, 0.25) is 5.36 Å². The molecule has 2 heterocycles. The summed E-state index contributed by atoms with van der Waals surface area (Å²) in [6, 6.07) is 12.6. The van der Waals surface area contributed by atoms with E-state index in [1.165, 1.54) is 12.1 Å². The summed E-state index contributed by atoms with van der Waals surface area (Å²) >= 11 is 0. The zero-order valence-electron chi connectivity index (χ0n) is 40.8. The Balaban J connectivity index is 0.00000771. The molecule has 362 valence electrons. The number of methoxy groups -OCH3 is 1. The van der Waals surface area contributed by atoms with Gasteiger partial charge in [0.1, 0.15) is 24.6 Å². The molecule has 0 amide bonds. The number of benzene rings is 2. The van der Waals surface area contributed by atoms with Gasteiger partial charge in [-0.2, -0.15) is 16.8 Å². The van der Waals surface area contributed by atoms with E-state index in [-0.39, 0.29) is 88.0 Å². The summed E-state index contributed by atoms with van der Waals surface area (Å²) in [5.41, 5.74) is 3.29. The number of aliphatic carboxylic acids is 1. The number of hydrogen-bond donors (Lipinski definition) is 3. The average Bonchev–Trinajstić information content (AvgIpc) is 3.46. The molecule has 0 spiro atoms. The van der Waals surface area contributed by atoms with E-state index in [9.17, 15) is 35.8 Å². The topological polar surface area (TPSA) is 212 Å². The third kappa shape index (κ3) is 19.6. The summed E-state index contributed by atoms with van der Waals surface area (Å²) in [6.07, 6.45) is 8.39. The van der Waals surface area contributed by atoms with Gasteiger partial charge >= 0.3 is 65.1 Å². The van der Waals surface area contributed by atoms with Gasteiger partial charge in [0.25, 0.3) is 20.2 Å². The first-order valence-electron chi connectivity index (χ1n) is 22.2. The number of nitrogens with zero attached hydrogens (tertiary/aromatic N) is 2. The average molecular weight is 996 g/mol. The largest absolute Gasteiger partial charge is 1.00 e. The van der Waals surface area contributed by atoms with Gasteiger partial charge in [-0.3, -0.25) is 13.9 Å². The van der Waals surface area contributed by atoms with E-state index in [2.05, 4.69) is 25.7 Å². The normalized spacial score (nSPS) is 16.4. The number of hydrogen-bond acceptors (Lipinski definition) is 12. The van der Waals surface area contributed by atoms with Crippen LogP contribution in [0.1, 0.15) is 90.0 Å². The van der Waals surface area contributed by atoms with Crippen LogP contribution in [0, 0.1) is 0 Å². The van der Waals surface area contributed by atoms with Crippen LogP contribution >= 0.6 is 0 Å². The van der Waals surface area contributed by atoms with Crippen LogP contribution in [0.2, 0.25) is 0 Å². The predicted molar refractivity (Wildman–Crippen MR) is 250 cm³/mol. The second-order valence-corrected chi connectivity index (χ2v) is 20.2. The van der Waals surface area contributed by atoms with Gasteiger partial charge in [-0.25, -0.2) is 4.58 Å². The minimum Gasteiger partial charge on any atom is -0.481 e. The Morgan fingerprint density at radius 2 is 1.46 bits per heavy atom. The minimum atomic E-state index is -4.53. The van der Waals surface area contributed by atoms with Crippen LogP contribution in [0.5, 0.6) is 0 Å². The van der Waals surface area contributed by atoms with Crippen molar-refractivity contribution in [3.63, 3.8) is 0 Å². The summed E-state index contributed by atoms with van der Waals surface area (Å²) in [5.74, 6) is 0.0433. The number of carbonyl (C=O) groups is 1. The number of carboxylic acids is 1. The zero-order valence-corrected chi connectivity index (χ0v) is 46.4. The van der Waals surface area contributed by atoms with E-state index in [1.807, 2.05) is 60.9 Å². The van der Waals surface area contributed by atoms with Crippen molar-refractivity contribution in [3.05, 3.63) is 82.6 Å². The van der Waals surface area contributed by atoms with E-state index in [1.54, 1.807) is 13.2 Å². The number of unbranched alkanes of at least 4 members (excludes halogenated alkanes) is 2. The Hall–Kier alpha value is -1.98. The second-order valence-electron chi connectivity index (χ2n) is 17.2. The molecule has 3 N–H and O–H groups in total. The van der Waals surface area contributed by atoms with Crippen LogP contribution in [0.15, 0.2) is 69.6 Å². The van der Waals surface area contributed by atoms with Gasteiger partial charge in [-0.1, -0.05) is 33.3 Å². The molecule has 3 aliphatic rings. The Morgan fingerprint density at radius 3 is 2.03 bits per heavy atom. The third-order valence-corrected chi connectivity index (χ3v) is 12.9. The first kappa shape index (κ1) is 61.1. The van der Waals surface area contributed by atoms with Gasteiger partial charge in [0, 0.05) is 61.5 Å². The maximum absolute atomic E-state index is 12.4. The number of anilines is 1. The smallest absolute Gasteiger partial charge is 0.481 e. The molecule has 1 unspecified atom stereocenters. The number of rotatable bonds is 29. The van der Waals surface area contributed by atoms with Crippen molar-refractivity contribution in [2.45, 2.75) is 88.9 Å². The quantitative estimate of drug-likeness (QED) is 0.0373. The summed E-state index contributed by atoms with van der Waals surface area (Å²) < 4.78 is 103. The molecule has 0 fully saturated rings. The number of ether oxygens (including phenoxy) is 5. The van der Waals surface area contributed by atoms with Crippen molar-refractivity contribution in [1.29, 1.82) is 0 Å². The maximum Gasteiger partial charge on any atom is 1.00 e. The van der Waals surface area contributed by atoms with E-state index in [4.69, 9.17) is 28.1 Å². The van der Waals surface area contributed by atoms with Gasteiger partial charge in [0.05, 0.1) is 69.6 Å².